The Morgan fingerprint density at radius 2 is 2.62 bits per heavy atom. The second-order valence-corrected chi connectivity index (χ2v) is 1.32. The van der Waals surface area contributed by atoms with Gasteiger partial charge in [0.15, 0.2) is 0 Å². The minimum Gasteiger partial charge on any atom is -0.243 e. The molecule has 1 aromatic rings. The highest BCUT2D eigenvalue weighted by molar-refractivity contribution is 5.52. The van der Waals surface area contributed by atoms with Crippen molar-refractivity contribution >= 4 is 6.21 Å². The lowest BCUT2D eigenvalue weighted by Gasteiger charge is -1.83. The Morgan fingerprint density at radius 3 is 3.12 bits per heavy atom. The van der Waals surface area contributed by atoms with E-state index in [-0.39, 0.29) is 0 Å². The Morgan fingerprint density at radius 1 is 1.75 bits per heavy atom. The number of aromatic nitrogens is 2. The maximum absolute atomic E-state index is 3.90. The van der Waals surface area contributed by atoms with Crippen LogP contribution in [0.25, 0.3) is 0 Å². The van der Waals surface area contributed by atoms with Crippen LogP contribution >= 0.6 is 0 Å². The standard InChI is InChI=1S/C5H7N3/c1-2-7-8-4-3-6-5-8/h2-5H,1H3. The van der Waals surface area contributed by atoms with Gasteiger partial charge in [0.1, 0.15) is 6.33 Å². The maximum Gasteiger partial charge on any atom is 0.116 e. The molecular formula is C5H7N3. The summed E-state index contributed by atoms with van der Waals surface area (Å²) in [5.74, 6) is 0. The Balaban J connectivity index is 2.77. The molecule has 3 nitrogen and oxygen atoms in total. The van der Waals surface area contributed by atoms with Gasteiger partial charge in [0, 0.05) is 18.6 Å². The molecule has 1 aromatic heterocycles. The SMILES string of the molecule is CC=Nn1ccnc1. The zero-order valence-electron chi connectivity index (χ0n) is 4.65. The van der Waals surface area contributed by atoms with E-state index in [4.69, 9.17) is 0 Å². The average Bonchev–Trinajstić information content (AvgIpc) is 2.19. The van der Waals surface area contributed by atoms with Crippen LogP contribution in [0.1, 0.15) is 6.92 Å². The fraction of sp³-hybridized carbons (Fsp3) is 0.200. The maximum atomic E-state index is 3.90. The summed E-state index contributed by atoms with van der Waals surface area (Å²) < 4.78 is 1.64. The second-order valence-electron chi connectivity index (χ2n) is 1.32. The average molecular weight is 109 g/mol. The lowest BCUT2D eigenvalue weighted by Crippen LogP contribution is -1.79. The van der Waals surface area contributed by atoms with Crippen LogP contribution in [0.15, 0.2) is 23.8 Å². The van der Waals surface area contributed by atoms with E-state index in [0.717, 1.165) is 0 Å². The summed E-state index contributed by atoms with van der Waals surface area (Å²) in [6.07, 6.45) is 6.81. The van der Waals surface area contributed by atoms with E-state index in [2.05, 4.69) is 10.1 Å². The zero-order chi connectivity index (χ0) is 5.82. The van der Waals surface area contributed by atoms with Crippen molar-refractivity contribution in [2.45, 2.75) is 6.92 Å². The Bertz CT molecular complexity index is 164. The van der Waals surface area contributed by atoms with Gasteiger partial charge in [-0.2, -0.15) is 5.10 Å². The van der Waals surface area contributed by atoms with Gasteiger partial charge in [0.05, 0.1) is 0 Å². The normalized spacial score (nSPS) is 10.6. The zero-order valence-corrected chi connectivity index (χ0v) is 4.65. The molecule has 0 bridgehead atoms. The Hall–Kier alpha value is -1.12. The van der Waals surface area contributed by atoms with E-state index in [1.807, 2.05) is 6.92 Å². The van der Waals surface area contributed by atoms with Crippen LogP contribution in [0.4, 0.5) is 0 Å². The number of hydrogen-bond donors (Lipinski definition) is 0. The van der Waals surface area contributed by atoms with Gasteiger partial charge in [0.25, 0.3) is 0 Å². The van der Waals surface area contributed by atoms with E-state index in [1.165, 1.54) is 0 Å². The molecular weight excluding hydrogens is 102 g/mol. The molecule has 0 aliphatic rings. The molecule has 0 aliphatic heterocycles. The molecule has 0 aliphatic carbocycles. The number of rotatable bonds is 1. The first-order valence-electron chi connectivity index (χ1n) is 2.40. The third-order valence-corrected chi connectivity index (χ3v) is 0.739. The molecule has 0 atom stereocenters. The molecule has 0 amide bonds. The highest BCUT2D eigenvalue weighted by atomic mass is 15.3. The molecule has 0 spiro atoms. The molecule has 0 aromatic carbocycles. The molecule has 8 heavy (non-hydrogen) atoms. The van der Waals surface area contributed by atoms with Crippen LogP contribution in [0.2, 0.25) is 0 Å². The fourth-order valence-electron chi connectivity index (χ4n) is 0.454. The van der Waals surface area contributed by atoms with Gasteiger partial charge in [-0.25, -0.2) is 9.66 Å². The Labute approximate surface area is 47.7 Å². The number of imidazole rings is 1. The molecule has 0 N–H and O–H groups in total. The summed E-state index contributed by atoms with van der Waals surface area (Å²) in [4.78, 5) is 3.79. The smallest absolute Gasteiger partial charge is 0.116 e. The lowest BCUT2D eigenvalue weighted by atomic mass is 10.9. The predicted octanol–water partition coefficient (Wildman–Crippen LogP) is 0.737. The van der Waals surface area contributed by atoms with Crippen LogP contribution < -0.4 is 0 Å². The molecule has 1 heterocycles. The van der Waals surface area contributed by atoms with Crippen molar-refractivity contribution in [1.29, 1.82) is 0 Å². The summed E-state index contributed by atoms with van der Waals surface area (Å²) in [5.41, 5.74) is 0. The van der Waals surface area contributed by atoms with E-state index in [9.17, 15) is 0 Å². The Kier molecular flexibility index (Phi) is 1.42. The molecule has 42 valence electrons. The lowest BCUT2D eigenvalue weighted by molar-refractivity contribution is 0.880. The second kappa shape index (κ2) is 2.26. The van der Waals surface area contributed by atoms with Crippen molar-refractivity contribution in [3.05, 3.63) is 18.7 Å². The minimum absolute atomic E-state index is 1.64. The topological polar surface area (TPSA) is 30.2 Å². The summed E-state index contributed by atoms with van der Waals surface area (Å²) in [5, 5.41) is 3.90. The van der Waals surface area contributed by atoms with Gasteiger partial charge >= 0.3 is 0 Å². The van der Waals surface area contributed by atoms with Crippen molar-refractivity contribution < 1.29 is 0 Å². The first-order chi connectivity index (χ1) is 3.93. The van der Waals surface area contributed by atoms with Crippen LogP contribution in [0.3, 0.4) is 0 Å². The van der Waals surface area contributed by atoms with Gasteiger partial charge in [-0.05, 0) is 6.92 Å². The summed E-state index contributed by atoms with van der Waals surface area (Å²) >= 11 is 0. The minimum atomic E-state index is 1.64. The molecule has 0 saturated heterocycles. The van der Waals surface area contributed by atoms with Crippen molar-refractivity contribution in [3.63, 3.8) is 0 Å². The fourth-order valence-corrected chi connectivity index (χ4v) is 0.454. The third kappa shape index (κ3) is 0.932. The number of nitrogens with zero attached hydrogens (tertiary/aromatic N) is 3. The van der Waals surface area contributed by atoms with Crippen LogP contribution in [0.5, 0.6) is 0 Å². The largest absolute Gasteiger partial charge is 0.243 e. The van der Waals surface area contributed by atoms with Crippen LogP contribution in [-0.4, -0.2) is 15.9 Å². The molecule has 0 radical (unpaired) electrons. The molecule has 0 saturated carbocycles. The van der Waals surface area contributed by atoms with Crippen LogP contribution in [-0.2, 0) is 0 Å². The van der Waals surface area contributed by atoms with E-state index in [0.29, 0.717) is 0 Å². The number of hydrogen-bond acceptors (Lipinski definition) is 2. The quantitative estimate of drug-likeness (QED) is 0.489. The molecule has 0 fully saturated rings. The highest BCUT2D eigenvalue weighted by Gasteiger charge is 1.75. The van der Waals surface area contributed by atoms with Gasteiger partial charge in [-0.15, -0.1) is 0 Å². The molecule has 1 rings (SSSR count). The summed E-state index contributed by atoms with van der Waals surface area (Å²) in [6.45, 7) is 1.86. The highest BCUT2D eigenvalue weighted by Crippen LogP contribution is 1.80. The summed E-state index contributed by atoms with van der Waals surface area (Å²) in [7, 11) is 0. The predicted molar refractivity (Wildman–Crippen MR) is 31.8 cm³/mol. The van der Waals surface area contributed by atoms with Gasteiger partial charge < -0.3 is 0 Å². The molecule has 3 heteroatoms. The van der Waals surface area contributed by atoms with E-state index >= 15 is 0 Å². The van der Waals surface area contributed by atoms with E-state index in [1.54, 1.807) is 29.6 Å². The van der Waals surface area contributed by atoms with Gasteiger partial charge in [0.2, 0.25) is 0 Å². The first kappa shape index (κ1) is 5.03. The van der Waals surface area contributed by atoms with Crippen molar-refractivity contribution in [3.8, 4) is 0 Å². The monoisotopic (exact) mass is 109 g/mol. The first-order valence-corrected chi connectivity index (χ1v) is 2.40. The van der Waals surface area contributed by atoms with Crippen molar-refractivity contribution in [2.24, 2.45) is 5.10 Å². The van der Waals surface area contributed by atoms with Gasteiger partial charge in [-0.3, -0.25) is 0 Å². The third-order valence-electron chi connectivity index (χ3n) is 0.739. The molecule has 0 unspecified atom stereocenters. The van der Waals surface area contributed by atoms with Crippen LogP contribution in [0, 0.1) is 0 Å². The van der Waals surface area contributed by atoms with Crippen molar-refractivity contribution in [1.82, 2.24) is 9.66 Å². The summed E-state index contributed by atoms with van der Waals surface area (Å²) in [6, 6.07) is 0. The van der Waals surface area contributed by atoms with E-state index < -0.39 is 0 Å². The van der Waals surface area contributed by atoms with Crippen molar-refractivity contribution in [2.75, 3.05) is 0 Å². The van der Waals surface area contributed by atoms with Gasteiger partial charge in [-0.1, -0.05) is 0 Å².